The van der Waals surface area contributed by atoms with E-state index in [9.17, 15) is 0 Å². The Morgan fingerprint density at radius 3 is 1.64 bits per heavy atom. The lowest BCUT2D eigenvalue weighted by Crippen LogP contribution is -1.94. The summed E-state index contributed by atoms with van der Waals surface area (Å²) >= 11 is 0. The molecule has 0 amide bonds. The zero-order valence-corrected chi connectivity index (χ0v) is 17.0. The van der Waals surface area contributed by atoms with Crippen molar-refractivity contribution >= 4 is 21.8 Å². The third-order valence-electron chi connectivity index (χ3n) is 4.57. The number of hydrogen-bond acceptors (Lipinski definition) is 2. The molecule has 28 heavy (non-hydrogen) atoms. The highest BCUT2D eigenvalue weighted by Gasteiger charge is 2.14. The third-order valence-corrected chi connectivity index (χ3v) is 4.57. The van der Waals surface area contributed by atoms with Gasteiger partial charge in [0, 0.05) is 22.0 Å². The van der Waals surface area contributed by atoms with Crippen molar-refractivity contribution in [1.82, 2.24) is 4.57 Å². The fourth-order valence-electron chi connectivity index (χ4n) is 3.35. The number of nitrogens with zero attached hydrogens (tertiary/aromatic N) is 1. The van der Waals surface area contributed by atoms with Gasteiger partial charge in [-0.25, -0.2) is 0 Å². The van der Waals surface area contributed by atoms with Gasteiger partial charge in [-0.05, 0) is 67.6 Å². The van der Waals surface area contributed by atoms with Gasteiger partial charge in [0.25, 0.3) is 0 Å². The molecule has 0 aliphatic rings. The molecule has 0 saturated heterocycles. The molecule has 1 aromatic heterocycles. The Bertz CT molecular complexity index is 1100. The van der Waals surface area contributed by atoms with Crippen LogP contribution in [-0.2, 0) is 0 Å². The quantitative estimate of drug-likeness (QED) is 0.400. The minimum Gasteiger partial charge on any atom is -0.497 e. The third kappa shape index (κ3) is 3.42. The standard InChI is InChI=1S/C23H19NO2.C2H6/c1-4-5-16-6-8-17(9-7-16)24-22-12-10-18(25-2)14-20(22)21-15-19(26-3)11-13-23(21)24;1-2/h6-15H,1-3H3;1-2H3. The average Bonchev–Trinajstić information content (AvgIpc) is 3.08. The Morgan fingerprint density at radius 1 is 0.714 bits per heavy atom. The number of hydrogen-bond donors (Lipinski definition) is 0. The summed E-state index contributed by atoms with van der Waals surface area (Å²) in [5, 5.41) is 2.27. The van der Waals surface area contributed by atoms with Gasteiger partial charge in [0.1, 0.15) is 11.5 Å². The number of fused-ring (bicyclic) bond motifs is 3. The molecular weight excluding hydrogens is 346 g/mol. The minimum atomic E-state index is 0.841. The molecule has 0 radical (unpaired) electrons. The largest absolute Gasteiger partial charge is 0.497 e. The SMILES string of the molecule is CC.CC#Cc1ccc(-n2c3ccc(OC)cc3c3cc(OC)ccc32)cc1. The van der Waals surface area contributed by atoms with Gasteiger partial charge in [-0.1, -0.05) is 19.8 Å². The van der Waals surface area contributed by atoms with E-state index in [2.05, 4.69) is 64.9 Å². The highest BCUT2D eigenvalue weighted by molar-refractivity contribution is 6.10. The summed E-state index contributed by atoms with van der Waals surface area (Å²) in [6.45, 7) is 5.85. The van der Waals surface area contributed by atoms with E-state index in [4.69, 9.17) is 9.47 Å². The zero-order chi connectivity index (χ0) is 20.1. The highest BCUT2D eigenvalue weighted by Crippen LogP contribution is 2.36. The lowest BCUT2D eigenvalue weighted by Gasteiger charge is -2.08. The molecule has 0 N–H and O–H groups in total. The van der Waals surface area contributed by atoms with E-state index in [-0.39, 0.29) is 0 Å². The van der Waals surface area contributed by atoms with Gasteiger partial charge in [0.2, 0.25) is 0 Å². The molecule has 4 aromatic rings. The second-order valence-electron chi connectivity index (χ2n) is 6.02. The normalized spacial score (nSPS) is 10.0. The van der Waals surface area contributed by atoms with E-state index in [1.165, 1.54) is 0 Å². The Hall–Kier alpha value is -3.38. The molecule has 0 atom stereocenters. The zero-order valence-electron chi connectivity index (χ0n) is 17.0. The summed E-state index contributed by atoms with van der Waals surface area (Å²) < 4.78 is 13.1. The molecule has 0 saturated carbocycles. The lowest BCUT2D eigenvalue weighted by atomic mass is 10.1. The summed E-state index contributed by atoms with van der Waals surface area (Å²) in [6.07, 6.45) is 0. The van der Waals surface area contributed by atoms with Crippen LogP contribution in [0, 0.1) is 11.8 Å². The van der Waals surface area contributed by atoms with Gasteiger partial charge < -0.3 is 14.0 Å². The smallest absolute Gasteiger partial charge is 0.119 e. The Labute approximate surface area is 166 Å². The van der Waals surface area contributed by atoms with Crippen molar-refractivity contribution in [3.8, 4) is 29.0 Å². The molecule has 0 fully saturated rings. The second kappa shape index (κ2) is 8.54. The number of benzene rings is 3. The fourth-order valence-corrected chi connectivity index (χ4v) is 3.35. The van der Waals surface area contributed by atoms with E-state index >= 15 is 0 Å². The first-order valence-electron chi connectivity index (χ1n) is 9.44. The van der Waals surface area contributed by atoms with Crippen molar-refractivity contribution in [2.75, 3.05) is 14.2 Å². The molecule has 0 bridgehead atoms. The highest BCUT2D eigenvalue weighted by atomic mass is 16.5. The first-order chi connectivity index (χ1) is 13.7. The van der Waals surface area contributed by atoms with Gasteiger partial charge >= 0.3 is 0 Å². The van der Waals surface area contributed by atoms with Crippen LogP contribution in [0.3, 0.4) is 0 Å². The summed E-state index contributed by atoms with van der Waals surface area (Å²) in [4.78, 5) is 0. The van der Waals surface area contributed by atoms with Crippen molar-refractivity contribution in [2.45, 2.75) is 20.8 Å². The molecule has 0 spiro atoms. The van der Waals surface area contributed by atoms with Gasteiger partial charge in [-0.15, -0.1) is 5.92 Å². The van der Waals surface area contributed by atoms with Crippen LogP contribution < -0.4 is 9.47 Å². The molecule has 3 aromatic carbocycles. The van der Waals surface area contributed by atoms with Crippen LogP contribution in [0.2, 0.25) is 0 Å². The summed E-state index contributed by atoms with van der Waals surface area (Å²) in [6, 6.07) is 20.6. The average molecular weight is 371 g/mol. The topological polar surface area (TPSA) is 23.4 Å². The maximum atomic E-state index is 5.43. The summed E-state index contributed by atoms with van der Waals surface area (Å²) in [7, 11) is 3.38. The maximum absolute atomic E-state index is 5.43. The van der Waals surface area contributed by atoms with Gasteiger partial charge in [0.05, 0.1) is 25.3 Å². The van der Waals surface area contributed by atoms with Crippen LogP contribution in [0.5, 0.6) is 11.5 Å². The Balaban J connectivity index is 0.00000109. The molecule has 3 heteroatoms. The second-order valence-corrected chi connectivity index (χ2v) is 6.02. The first kappa shape index (κ1) is 19.4. The number of ether oxygens (including phenoxy) is 2. The van der Waals surface area contributed by atoms with Crippen LogP contribution in [0.1, 0.15) is 26.3 Å². The Morgan fingerprint density at radius 2 is 1.21 bits per heavy atom. The van der Waals surface area contributed by atoms with Crippen molar-refractivity contribution in [1.29, 1.82) is 0 Å². The summed E-state index contributed by atoms with van der Waals surface area (Å²) in [5.74, 6) is 7.71. The molecule has 3 nitrogen and oxygen atoms in total. The first-order valence-corrected chi connectivity index (χ1v) is 9.44. The predicted molar refractivity (Wildman–Crippen MR) is 118 cm³/mol. The molecule has 0 unspecified atom stereocenters. The van der Waals surface area contributed by atoms with E-state index < -0.39 is 0 Å². The van der Waals surface area contributed by atoms with Gasteiger partial charge in [-0.2, -0.15) is 0 Å². The molecule has 142 valence electrons. The van der Waals surface area contributed by atoms with Crippen LogP contribution in [0.15, 0.2) is 60.7 Å². The van der Waals surface area contributed by atoms with E-state index in [1.54, 1.807) is 14.2 Å². The van der Waals surface area contributed by atoms with Crippen LogP contribution >= 0.6 is 0 Å². The number of rotatable bonds is 3. The van der Waals surface area contributed by atoms with Crippen LogP contribution in [-0.4, -0.2) is 18.8 Å². The molecule has 1 heterocycles. The summed E-state index contributed by atoms with van der Waals surface area (Å²) in [5.41, 5.74) is 4.37. The van der Waals surface area contributed by atoms with Gasteiger partial charge in [0.15, 0.2) is 0 Å². The van der Waals surface area contributed by atoms with Crippen LogP contribution in [0.25, 0.3) is 27.5 Å². The molecular formula is C25H25NO2. The lowest BCUT2D eigenvalue weighted by molar-refractivity contribution is 0.415. The van der Waals surface area contributed by atoms with E-state index in [0.29, 0.717) is 0 Å². The van der Waals surface area contributed by atoms with Gasteiger partial charge in [-0.3, -0.25) is 0 Å². The minimum absolute atomic E-state index is 0.841. The van der Waals surface area contributed by atoms with Crippen molar-refractivity contribution in [3.05, 3.63) is 66.2 Å². The van der Waals surface area contributed by atoms with Crippen molar-refractivity contribution in [2.24, 2.45) is 0 Å². The van der Waals surface area contributed by atoms with Crippen LogP contribution in [0.4, 0.5) is 0 Å². The molecule has 0 aliphatic heterocycles. The number of aromatic nitrogens is 1. The van der Waals surface area contributed by atoms with Crippen molar-refractivity contribution < 1.29 is 9.47 Å². The molecule has 4 rings (SSSR count). The van der Waals surface area contributed by atoms with E-state index in [0.717, 1.165) is 44.6 Å². The number of methoxy groups -OCH3 is 2. The fraction of sp³-hybridized carbons (Fsp3) is 0.200. The monoisotopic (exact) mass is 371 g/mol. The maximum Gasteiger partial charge on any atom is 0.119 e. The van der Waals surface area contributed by atoms with Crippen molar-refractivity contribution in [3.63, 3.8) is 0 Å². The Kier molecular flexibility index (Phi) is 5.91. The van der Waals surface area contributed by atoms with E-state index in [1.807, 2.05) is 32.9 Å². The predicted octanol–water partition coefficient (Wildman–Crippen LogP) is 6.20. The molecule has 0 aliphatic carbocycles.